The third-order valence-corrected chi connectivity index (χ3v) is 2.04. The minimum absolute atomic E-state index is 0.0952. The van der Waals surface area contributed by atoms with Gasteiger partial charge in [-0.3, -0.25) is 0 Å². The fraction of sp³-hybridized carbons (Fsp3) is 0.125. The van der Waals surface area contributed by atoms with E-state index in [0.29, 0.717) is 5.56 Å². The van der Waals surface area contributed by atoms with Crippen molar-refractivity contribution >= 4 is 23.2 Å². The van der Waals surface area contributed by atoms with Crippen LogP contribution in [0.15, 0.2) is 12.1 Å². The van der Waals surface area contributed by atoms with E-state index in [1.807, 2.05) is 6.07 Å². The summed E-state index contributed by atoms with van der Waals surface area (Å²) >= 11 is 11.3. The van der Waals surface area contributed by atoms with Crippen LogP contribution in [0, 0.1) is 17.1 Å². The van der Waals surface area contributed by atoms with Crippen LogP contribution >= 0.6 is 23.2 Å². The molecule has 1 aromatic carbocycles. The van der Waals surface area contributed by atoms with Gasteiger partial charge >= 0.3 is 0 Å². The van der Waals surface area contributed by atoms with Crippen LogP contribution in [-0.4, -0.2) is 0 Å². The van der Waals surface area contributed by atoms with Crippen molar-refractivity contribution in [3.8, 4) is 6.07 Å². The van der Waals surface area contributed by atoms with E-state index < -0.39 is 5.82 Å². The van der Waals surface area contributed by atoms with Gasteiger partial charge in [-0.25, -0.2) is 4.39 Å². The van der Waals surface area contributed by atoms with Gasteiger partial charge in [-0.2, -0.15) is 5.26 Å². The molecule has 0 aromatic heterocycles. The SMILES string of the molecule is N#CCc1c(Cl)cc(F)cc1Cl. The highest BCUT2D eigenvalue weighted by molar-refractivity contribution is 6.36. The minimum Gasteiger partial charge on any atom is -0.207 e. The van der Waals surface area contributed by atoms with E-state index in [4.69, 9.17) is 28.5 Å². The number of halogens is 3. The zero-order valence-corrected chi connectivity index (χ0v) is 7.45. The van der Waals surface area contributed by atoms with Crippen molar-refractivity contribution in [2.75, 3.05) is 0 Å². The molecular formula is C8H4Cl2FN. The molecular weight excluding hydrogens is 200 g/mol. The zero-order valence-electron chi connectivity index (χ0n) is 5.94. The van der Waals surface area contributed by atoms with E-state index in [-0.39, 0.29) is 16.5 Å². The lowest BCUT2D eigenvalue weighted by atomic mass is 10.1. The molecule has 0 saturated carbocycles. The molecule has 0 atom stereocenters. The van der Waals surface area contributed by atoms with Crippen LogP contribution in [0.4, 0.5) is 4.39 Å². The van der Waals surface area contributed by atoms with Crippen LogP contribution < -0.4 is 0 Å². The molecule has 0 radical (unpaired) electrons. The normalized spacial score (nSPS) is 9.50. The second-order valence-corrected chi connectivity index (χ2v) is 3.00. The third kappa shape index (κ3) is 1.88. The molecule has 0 aliphatic heterocycles. The monoisotopic (exact) mass is 203 g/mol. The molecule has 0 aliphatic rings. The molecule has 62 valence electrons. The molecule has 0 N–H and O–H groups in total. The summed E-state index contributed by atoms with van der Waals surface area (Å²) in [5.41, 5.74) is 0.474. The fourth-order valence-corrected chi connectivity index (χ4v) is 1.41. The topological polar surface area (TPSA) is 23.8 Å². The van der Waals surface area contributed by atoms with E-state index in [1.54, 1.807) is 0 Å². The molecule has 12 heavy (non-hydrogen) atoms. The third-order valence-electron chi connectivity index (χ3n) is 1.36. The molecule has 0 aliphatic carbocycles. The van der Waals surface area contributed by atoms with Gasteiger partial charge in [0.2, 0.25) is 0 Å². The molecule has 0 unspecified atom stereocenters. The lowest BCUT2D eigenvalue weighted by Crippen LogP contribution is -1.87. The van der Waals surface area contributed by atoms with Gasteiger partial charge in [-0.15, -0.1) is 0 Å². The molecule has 4 heteroatoms. The Morgan fingerprint density at radius 2 is 1.83 bits per heavy atom. The maximum Gasteiger partial charge on any atom is 0.126 e. The maximum absolute atomic E-state index is 12.6. The van der Waals surface area contributed by atoms with E-state index in [0.717, 1.165) is 12.1 Å². The van der Waals surface area contributed by atoms with Gasteiger partial charge in [0.05, 0.1) is 12.5 Å². The van der Waals surface area contributed by atoms with Gasteiger partial charge in [0.25, 0.3) is 0 Å². The molecule has 0 spiro atoms. The number of hydrogen-bond donors (Lipinski definition) is 0. The lowest BCUT2D eigenvalue weighted by Gasteiger charge is -2.01. The molecule has 1 nitrogen and oxygen atoms in total. The molecule has 1 aromatic rings. The Kier molecular flexibility index (Phi) is 2.91. The highest BCUT2D eigenvalue weighted by Gasteiger charge is 2.07. The van der Waals surface area contributed by atoms with Crippen LogP contribution in [0.5, 0.6) is 0 Å². The Hall–Kier alpha value is -0.780. The largest absolute Gasteiger partial charge is 0.207 e. The second-order valence-electron chi connectivity index (χ2n) is 2.18. The quantitative estimate of drug-likeness (QED) is 0.688. The van der Waals surface area contributed by atoms with Gasteiger partial charge in [0.1, 0.15) is 5.82 Å². The number of nitrogens with zero attached hydrogens (tertiary/aromatic N) is 1. The first-order valence-electron chi connectivity index (χ1n) is 3.15. The van der Waals surface area contributed by atoms with Crippen molar-refractivity contribution in [1.29, 1.82) is 5.26 Å². The van der Waals surface area contributed by atoms with Crippen LogP contribution in [0.2, 0.25) is 10.0 Å². The average molecular weight is 204 g/mol. The number of benzene rings is 1. The first kappa shape index (κ1) is 9.31. The summed E-state index contributed by atoms with van der Waals surface area (Å²) in [5, 5.41) is 8.77. The van der Waals surface area contributed by atoms with Crippen molar-refractivity contribution in [1.82, 2.24) is 0 Å². The molecule has 0 saturated heterocycles. The zero-order chi connectivity index (χ0) is 9.14. The van der Waals surface area contributed by atoms with Gasteiger partial charge in [-0.1, -0.05) is 23.2 Å². The van der Waals surface area contributed by atoms with Crippen LogP contribution in [0.1, 0.15) is 5.56 Å². The van der Waals surface area contributed by atoms with Gasteiger partial charge < -0.3 is 0 Å². The predicted molar refractivity (Wildman–Crippen MR) is 45.7 cm³/mol. The summed E-state index contributed by atoms with van der Waals surface area (Å²) in [6.45, 7) is 0. The highest BCUT2D eigenvalue weighted by Crippen LogP contribution is 2.26. The van der Waals surface area contributed by atoms with Crippen LogP contribution in [0.25, 0.3) is 0 Å². The fourth-order valence-electron chi connectivity index (χ4n) is 0.820. The van der Waals surface area contributed by atoms with Crippen molar-refractivity contribution in [2.45, 2.75) is 6.42 Å². The smallest absolute Gasteiger partial charge is 0.126 e. The summed E-state index contributed by atoms with van der Waals surface area (Å²) in [6.07, 6.45) is 0.0952. The molecule has 0 amide bonds. The van der Waals surface area contributed by atoms with Gasteiger partial charge in [0, 0.05) is 15.6 Å². The minimum atomic E-state index is -0.494. The summed E-state index contributed by atoms with van der Waals surface area (Å²) < 4.78 is 12.6. The van der Waals surface area contributed by atoms with Gasteiger partial charge in [-0.05, 0) is 12.1 Å². The first-order chi connectivity index (χ1) is 5.65. The summed E-state index contributed by atoms with van der Waals surface area (Å²) in [4.78, 5) is 0. The Balaban J connectivity index is 3.21. The predicted octanol–water partition coefficient (Wildman–Crippen LogP) is 3.20. The lowest BCUT2D eigenvalue weighted by molar-refractivity contribution is 0.627. The van der Waals surface area contributed by atoms with Crippen molar-refractivity contribution in [3.63, 3.8) is 0 Å². The average Bonchev–Trinajstić information content (AvgIpc) is 1.96. The van der Waals surface area contributed by atoms with Gasteiger partial charge in [0.15, 0.2) is 0 Å². The summed E-state index contributed by atoms with van der Waals surface area (Å²) in [7, 11) is 0. The van der Waals surface area contributed by atoms with Crippen molar-refractivity contribution < 1.29 is 4.39 Å². The Labute approximate surface area is 79.3 Å². The summed E-state index contributed by atoms with van der Waals surface area (Å²) in [5.74, 6) is -0.494. The van der Waals surface area contributed by atoms with E-state index >= 15 is 0 Å². The molecule has 0 fully saturated rings. The van der Waals surface area contributed by atoms with Crippen molar-refractivity contribution in [3.05, 3.63) is 33.6 Å². The number of nitriles is 1. The van der Waals surface area contributed by atoms with E-state index in [1.165, 1.54) is 0 Å². The van der Waals surface area contributed by atoms with Crippen LogP contribution in [0.3, 0.4) is 0 Å². The van der Waals surface area contributed by atoms with Crippen molar-refractivity contribution in [2.24, 2.45) is 0 Å². The molecule has 0 bridgehead atoms. The molecule has 1 rings (SSSR count). The number of rotatable bonds is 1. The maximum atomic E-state index is 12.6. The van der Waals surface area contributed by atoms with E-state index in [2.05, 4.69) is 0 Å². The Morgan fingerprint density at radius 3 is 2.25 bits per heavy atom. The Morgan fingerprint density at radius 1 is 1.33 bits per heavy atom. The first-order valence-corrected chi connectivity index (χ1v) is 3.91. The summed E-state index contributed by atoms with van der Waals surface area (Å²) in [6, 6.07) is 4.17. The van der Waals surface area contributed by atoms with Crippen LogP contribution in [-0.2, 0) is 6.42 Å². The standard InChI is InChI=1S/C8H4Cl2FN/c9-7-3-5(11)4-8(10)6(7)1-2-12/h3-4H,1H2. The second kappa shape index (κ2) is 3.75. The number of hydrogen-bond acceptors (Lipinski definition) is 1. The highest BCUT2D eigenvalue weighted by atomic mass is 35.5. The Bertz CT molecular complexity index is 320. The van der Waals surface area contributed by atoms with E-state index in [9.17, 15) is 4.39 Å². The molecule has 0 heterocycles.